The molecule has 0 radical (unpaired) electrons. The summed E-state index contributed by atoms with van der Waals surface area (Å²) in [5, 5.41) is 2.76. The van der Waals surface area contributed by atoms with Crippen LogP contribution < -0.4 is 10.2 Å². The van der Waals surface area contributed by atoms with Crippen LogP contribution >= 0.6 is 0 Å². The minimum absolute atomic E-state index is 0.274. The van der Waals surface area contributed by atoms with Gasteiger partial charge in [0.25, 0.3) is 5.91 Å². The number of anilines is 2. The summed E-state index contributed by atoms with van der Waals surface area (Å²) in [6.45, 7) is 5.86. The molecule has 1 saturated heterocycles. The summed E-state index contributed by atoms with van der Waals surface area (Å²) in [5.74, 6) is 0.383. The molecule has 0 bridgehead atoms. The van der Waals surface area contributed by atoms with Crippen LogP contribution in [0.25, 0.3) is 0 Å². The maximum absolute atomic E-state index is 12.7. The van der Waals surface area contributed by atoms with Crippen LogP contribution in [0.2, 0.25) is 0 Å². The second kappa shape index (κ2) is 8.16. The minimum Gasteiger partial charge on any atom is -0.465 e. The van der Waals surface area contributed by atoms with Gasteiger partial charge in [-0.05, 0) is 43.9 Å². The van der Waals surface area contributed by atoms with Crippen molar-refractivity contribution in [3.05, 3.63) is 47.3 Å². The molecule has 1 N–H and O–H groups in total. The molecule has 3 rings (SSSR count). The number of hydrogen-bond donors (Lipinski definition) is 1. The number of hydrogen-bond acceptors (Lipinski definition) is 6. The Labute approximate surface area is 158 Å². The van der Waals surface area contributed by atoms with Gasteiger partial charge < -0.3 is 15.0 Å². The van der Waals surface area contributed by atoms with E-state index in [1.807, 2.05) is 6.92 Å². The van der Waals surface area contributed by atoms with Gasteiger partial charge in [-0.1, -0.05) is 19.1 Å². The fourth-order valence-corrected chi connectivity index (χ4v) is 3.09. The predicted molar refractivity (Wildman–Crippen MR) is 103 cm³/mol. The van der Waals surface area contributed by atoms with Gasteiger partial charge in [-0.25, -0.2) is 14.8 Å². The van der Waals surface area contributed by atoms with Gasteiger partial charge in [0, 0.05) is 18.8 Å². The Kier molecular flexibility index (Phi) is 5.69. The molecule has 0 unspecified atom stereocenters. The molecule has 0 spiro atoms. The summed E-state index contributed by atoms with van der Waals surface area (Å²) in [5.41, 5.74) is 1.68. The summed E-state index contributed by atoms with van der Waals surface area (Å²) in [4.78, 5) is 35.7. The van der Waals surface area contributed by atoms with Crippen LogP contribution in [-0.4, -0.2) is 42.0 Å². The number of aromatic nitrogens is 2. The lowest BCUT2D eigenvalue weighted by Crippen LogP contribution is -2.34. The van der Waals surface area contributed by atoms with E-state index in [0.717, 1.165) is 31.6 Å². The average molecular weight is 368 g/mol. The van der Waals surface area contributed by atoms with Crippen LogP contribution in [-0.2, 0) is 4.74 Å². The second-order valence-corrected chi connectivity index (χ2v) is 6.86. The number of esters is 1. The number of amides is 1. The Morgan fingerprint density at radius 2 is 1.89 bits per heavy atom. The highest BCUT2D eigenvalue weighted by Gasteiger charge is 2.21. The Bertz CT molecular complexity index is 845. The third-order valence-corrected chi connectivity index (χ3v) is 4.72. The Morgan fingerprint density at radius 3 is 2.59 bits per heavy atom. The van der Waals surface area contributed by atoms with E-state index in [1.54, 1.807) is 30.3 Å². The van der Waals surface area contributed by atoms with Crippen molar-refractivity contribution in [3.63, 3.8) is 0 Å². The summed E-state index contributed by atoms with van der Waals surface area (Å²) in [6.07, 6.45) is 2.18. The lowest BCUT2D eigenvalue weighted by Gasteiger charge is -2.30. The Morgan fingerprint density at radius 1 is 1.19 bits per heavy atom. The van der Waals surface area contributed by atoms with Gasteiger partial charge in [-0.2, -0.15) is 0 Å². The molecular weight excluding hydrogens is 344 g/mol. The smallest absolute Gasteiger partial charge is 0.339 e. The lowest BCUT2D eigenvalue weighted by molar-refractivity contribution is 0.0602. The highest BCUT2D eigenvalue weighted by Crippen LogP contribution is 2.21. The molecule has 1 aliphatic heterocycles. The van der Waals surface area contributed by atoms with Crippen LogP contribution in [0.4, 0.5) is 11.6 Å². The number of benzene rings is 1. The Hall–Kier alpha value is -2.96. The summed E-state index contributed by atoms with van der Waals surface area (Å²) < 4.78 is 4.77. The van der Waals surface area contributed by atoms with E-state index in [4.69, 9.17) is 4.74 Å². The van der Waals surface area contributed by atoms with E-state index in [9.17, 15) is 9.59 Å². The molecule has 0 aliphatic carbocycles. The molecule has 7 nitrogen and oxygen atoms in total. The van der Waals surface area contributed by atoms with Crippen molar-refractivity contribution in [2.75, 3.05) is 30.4 Å². The van der Waals surface area contributed by atoms with Gasteiger partial charge in [0.15, 0.2) is 0 Å². The highest BCUT2D eigenvalue weighted by atomic mass is 16.5. The third kappa shape index (κ3) is 4.42. The summed E-state index contributed by atoms with van der Waals surface area (Å²) in [7, 11) is 1.31. The van der Waals surface area contributed by atoms with E-state index in [0.29, 0.717) is 23.1 Å². The van der Waals surface area contributed by atoms with E-state index in [-0.39, 0.29) is 11.6 Å². The summed E-state index contributed by atoms with van der Waals surface area (Å²) in [6, 6.07) is 8.37. The fraction of sp³-hybridized carbons (Fsp3) is 0.400. The van der Waals surface area contributed by atoms with Crippen molar-refractivity contribution >= 4 is 23.5 Å². The van der Waals surface area contributed by atoms with E-state index in [1.165, 1.54) is 7.11 Å². The van der Waals surface area contributed by atoms with Crippen molar-refractivity contribution in [1.82, 2.24) is 9.97 Å². The monoisotopic (exact) mass is 368 g/mol. The normalized spacial score (nSPS) is 14.7. The first kappa shape index (κ1) is 18.8. The van der Waals surface area contributed by atoms with Crippen molar-refractivity contribution < 1.29 is 14.3 Å². The Balaban J connectivity index is 1.83. The van der Waals surface area contributed by atoms with Crippen LogP contribution in [0, 0.1) is 12.8 Å². The van der Waals surface area contributed by atoms with Crippen molar-refractivity contribution in [1.29, 1.82) is 0 Å². The van der Waals surface area contributed by atoms with E-state index < -0.39 is 5.97 Å². The van der Waals surface area contributed by atoms with Gasteiger partial charge in [0.2, 0.25) is 5.95 Å². The first-order valence-corrected chi connectivity index (χ1v) is 9.07. The first-order chi connectivity index (χ1) is 13.0. The zero-order chi connectivity index (χ0) is 19.4. The van der Waals surface area contributed by atoms with Gasteiger partial charge in [0.1, 0.15) is 5.69 Å². The van der Waals surface area contributed by atoms with Crippen LogP contribution in [0.1, 0.15) is 46.3 Å². The zero-order valence-electron chi connectivity index (χ0n) is 15.9. The number of carbonyl (C=O) groups is 2. The van der Waals surface area contributed by atoms with Crippen molar-refractivity contribution in [2.24, 2.45) is 5.92 Å². The number of rotatable bonds is 4. The SMILES string of the molecule is COC(=O)c1ccccc1NC(=O)c1cc(C)nc(N2CCC(C)CC2)n1. The maximum Gasteiger partial charge on any atom is 0.339 e. The van der Waals surface area contributed by atoms with E-state index in [2.05, 4.69) is 27.1 Å². The standard InChI is InChI=1S/C20H24N4O3/c1-13-8-10-24(11-9-13)20-21-14(2)12-17(23-20)18(25)22-16-7-5-4-6-15(16)19(26)27-3/h4-7,12-13H,8-11H2,1-3H3,(H,22,25). The number of aryl methyl sites for hydroxylation is 1. The van der Waals surface area contributed by atoms with Crippen molar-refractivity contribution in [2.45, 2.75) is 26.7 Å². The molecule has 7 heteroatoms. The molecule has 1 fully saturated rings. The quantitative estimate of drug-likeness (QED) is 0.835. The number of para-hydroxylation sites is 1. The van der Waals surface area contributed by atoms with Gasteiger partial charge >= 0.3 is 5.97 Å². The molecule has 2 heterocycles. The number of methoxy groups -OCH3 is 1. The first-order valence-electron chi connectivity index (χ1n) is 9.07. The summed E-state index contributed by atoms with van der Waals surface area (Å²) >= 11 is 0. The third-order valence-electron chi connectivity index (χ3n) is 4.72. The maximum atomic E-state index is 12.7. The van der Waals surface area contributed by atoms with Crippen LogP contribution in [0.15, 0.2) is 30.3 Å². The molecule has 1 aliphatic rings. The molecule has 1 aromatic carbocycles. The van der Waals surface area contributed by atoms with Gasteiger partial charge in [-0.3, -0.25) is 4.79 Å². The molecule has 1 aromatic heterocycles. The number of carbonyl (C=O) groups excluding carboxylic acids is 2. The largest absolute Gasteiger partial charge is 0.465 e. The number of ether oxygens (including phenoxy) is 1. The lowest BCUT2D eigenvalue weighted by atomic mass is 10.00. The van der Waals surface area contributed by atoms with Crippen molar-refractivity contribution in [3.8, 4) is 0 Å². The predicted octanol–water partition coefficient (Wildman–Crippen LogP) is 3.06. The molecule has 0 saturated carbocycles. The van der Waals surface area contributed by atoms with E-state index >= 15 is 0 Å². The van der Waals surface area contributed by atoms with Crippen LogP contribution in [0.3, 0.4) is 0 Å². The zero-order valence-corrected chi connectivity index (χ0v) is 15.9. The number of piperidine rings is 1. The number of nitrogens with zero attached hydrogens (tertiary/aromatic N) is 3. The topological polar surface area (TPSA) is 84.4 Å². The number of nitrogens with one attached hydrogen (secondary N) is 1. The van der Waals surface area contributed by atoms with Gasteiger partial charge in [0.05, 0.1) is 18.4 Å². The van der Waals surface area contributed by atoms with Gasteiger partial charge in [-0.15, -0.1) is 0 Å². The molecule has 142 valence electrons. The average Bonchev–Trinajstić information content (AvgIpc) is 2.68. The fourth-order valence-electron chi connectivity index (χ4n) is 3.09. The molecule has 1 amide bonds. The highest BCUT2D eigenvalue weighted by molar-refractivity contribution is 6.07. The molecule has 27 heavy (non-hydrogen) atoms. The second-order valence-electron chi connectivity index (χ2n) is 6.86. The minimum atomic E-state index is -0.507. The molecule has 2 aromatic rings. The molecular formula is C20H24N4O3. The molecule has 0 atom stereocenters. The van der Waals surface area contributed by atoms with Crippen LogP contribution in [0.5, 0.6) is 0 Å².